The zero-order valence-corrected chi connectivity index (χ0v) is 10.4. The van der Waals surface area contributed by atoms with Crippen molar-refractivity contribution in [3.8, 4) is 0 Å². The molecule has 1 aliphatic heterocycles. The van der Waals surface area contributed by atoms with Crippen LogP contribution in [0.5, 0.6) is 0 Å². The molecule has 18 heavy (non-hydrogen) atoms. The van der Waals surface area contributed by atoms with Crippen LogP contribution < -0.4 is 10.6 Å². The molecule has 0 spiro atoms. The molecule has 3 nitrogen and oxygen atoms in total. The van der Waals surface area contributed by atoms with E-state index in [-0.39, 0.29) is 0 Å². The van der Waals surface area contributed by atoms with Crippen molar-refractivity contribution < 1.29 is 4.42 Å². The van der Waals surface area contributed by atoms with Gasteiger partial charge in [0.05, 0.1) is 6.26 Å². The van der Waals surface area contributed by atoms with Gasteiger partial charge in [0.1, 0.15) is 5.76 Å². The Morgan fingerprint density at radius 1 is 1.17 bits per heavy atom. The average Bonchev–Trinajstić information content (AvgIpc) is 3.05. The van der Waals surface area contributed by atoms with Gasteiger partial charge >= 0.3 is 0 Å². The molecule has 0 saturated heterocycles. The van der Waals surface area contributed by atoms with E-state index in [2.05, 4.69) is 28.8 Å². The van der Waals surface area contributed by atoms with Crippen LogP contribution in [0.3, 0.4) is 0 Å². The van der Waals surface area contributed by atoms with E-state index in [9.17, 15) is 0 Å². The zero-order chi connectivity index (χ0) is 12.2. The highest BCUT2D eigenvalue weighted by Gasteiger charge is 2.09. The van der Waals surface area contributed by atoms with Crippen molar-refractivity contribution in [1.29, 1.82) is 0 Å². The summed E-state index contributed by atoms with van der Waals surface area (Å²) in [5.74, 6) is 1.04. The van der Waals surface area contributed by atoms with Crippen molar-refractivity contribution in [2.24, 2.45) is 0 Å². The first-order chi connectivity index (χ1) is 8.92. The molecular formula is C15H18N2O. The third-order valence-corrected chi connectivity index (χ3v) is 3.36. The SMILES string of the molecule is c1coc(CCNCc2ccc3c(c2)CNC3)c1. The molecule has 3 heteroatoms. The molecule has 0 bridgehead atoms. The Kier molecular flexibility index (Phi) is 3.44. The summed E-state index contributed by atoms with van der Waals surface area (Å²) < 4.78 is 5.30. The average molecular weight is 242 g/mol. The van der Waals surface area contributed by atoms with Gasteiger partial charge in [-0.15, -0.1) is 0 Å². The lowest BCUT2D eigenvalue weighted by Gasteiger charge is -2.06. The fourth-order valence-corrected chi connectivity index (χ4v) is 2.36. The fourth-order valence-electron chi connectivity index (χ4n) is 2.36. The molecule has 1 aromatic heterocycles. The van der Waals surface area contributed by atoms with Gasteiger partial charge in [-0.05, 0) is 28.8 Å². The maximum Gasteiger partial charge on any atom is 0.105 e. The summed E-state index contributed by atoms with van der Waals surface area (Å²) in [6.07, 6.45) is 2.67. The minimum atomic E-state index is 0.925. The molecule has 0 atom stereocenters. The molecule has 0 unspecified atom stereocenters. The van der Waals surface area contributed by atoms with E-state index < -0.39 is 0 Å². The summed E-state index contributed by atoms with van der Waals surface area (Å²) in [7, 11) is 0. The number of rotatable bonds is 5. The molecular weight excluding hydrogens is 224 g/mol. The van der Waals surface area contributed by atoms with Crippen LogP contribution >= 0.6 is 0 Å². The van der Waals surface area contributed by atoms with E-state index in [4.69, 9.17) is 4.42 Å². The fraction of sp³-hybridized carbons (Fsp3) is 0.333. The topological polar surface area (TPSA) is 37.2 Å². The Hall–Kier alpha value is -1.58. The molecule has 1 aliphatic rings. The second kappa shape index (κ2) is 5.38. The van der Waals surface area contributed by atoms with Gasteiger partial charge in [-0.3, -0.25) is 0 Å². The smallest absolute Gasteiger partial charge is 0.105 e. The first kappa shape index (κ1) is 11.5. The van der Waals surface area contributed by atoms with E-state index in [1.54, 1.807) is 6.26 Å². The Morgan fingerprint density at radius 3 is 3.00 bits per heavy atom. The number of fused-ring (bicyclic) bond motifs is 1. The maximum absolute atomic E-state index is 5.30. The minimum absolute atomic E-state index is 0.925. The normalized spacial score (nSPS) is 13.8. The van der Waals surface area contributed by atoms with Gasteiger partial charge in [-0.1, -0.05) is 18.2 Å². The lowest BCUT2D eigenvalue weighted by atomic mass is 10.1. The van der Waals surface area contributed by atoms with E-state index in [1.807, 2.05) is 12.1 Å². The second-order valence-electron chi connectivity index (χ2n) is 4.71. The Bertz CT molecular complexity index is 505. The van der Waals surface area contributed by atoms with Crippen molar-refractivity contribution in [1.82, 2.24) is 10.6 Å². The van der Waals surface area contributed by atoms with Crippen molar-refractivity contribution in [3.63, 3.8) is 0 Å². The molecule has 2 heterocycles. The molecule has 94 valence electrons. The number of nitrogens with one attached hydrogen (secondary N) is 2. The lowest BCUT2D eigenvalue weighted by molar-refractivity contribution is 0.499. The van der Waals surface area contributed by atoms with Gasteiger partial charge < -0.3 is 15.1 Å². The molecule has 0 radical (unpaired) electrons. The monoisotopic (exact) mass is 242 g/mol. The van der Waals surface area contributed by atoms with Crippen molar-refractivity contribution in [2.45, 2.75) is 26.1 Å². The number of benzene rings is 1. The highest BCUT2D eigenvalue weighted by atomic mass is 16.3. The molecule has 0 fully saturated rings. The van der Waals surface area contributed by atoms with Crippen LogP contribution in [-0.4, -0.2) is 6.54 Å². The number of hydrogen-bond acceptors (Lipinski definition) is 3. The molecule has 0 aliphatic carbocycles. The van der Waals surface area contributed by atoms with Crippen LogP contribution in [0.4, 0.5) is 0 Å². The summed E-state index contributed by atoms with van der Waals surface area (Å²) in [4.78, 5) is 0. The van der Waals surface area contributed by atoms with Crippen LogP contribution in [-0.2, 0) is 26.1 Å². The first-order valence-corrected chi connectivity index (χ1v) is 6.46. The lowest BCUT2D eigenvalue weighted by Crippen LogP contribution is -2.16. The van der Waals surface area contributed by atoms with Crippen molar-refractivity contribution in [2.75, 3.05) is 6.54 Å². The van der Waals surface area contributed by atoms with Gasteiger partial charge in [0.15, 0.2) is 0 Å². The Labute approximate surface area is 107 Å². The summed E-state index contributed by atoms with van der Waals surface area (Å²) in [5, 5.41) is 6.82. The van der Waals surface area contributed by atoms with Crippen LogP contribution in [0.2, 0.25) is 0 Å². The second-order valence-corrected chi connectivity index (χ2v) is 4.71. The van der Waals surface area contributed by atoms with E-state index in [1.165, 1.54) is 16.7 Å². The molecule has 1 aromatic carbocycles. The van der Waals surface area contributed by atoms with Gasteiger partial charge in [0.2, 0.25) is 0 Å². The minimum Gasteiger partial charge on any atom is -0.469 e. The summed E-state index contributed by atoms with van der Waals surface area (Å²) in [6.45, 7) is 3.90. The van der Waals surface area contributed by atoms with Gasteiger partial charge in [0, 0.05) is 32.6 Å². The first-order valence-electron chi connectivity index (χ1n) is 6.46. The van der Waals surface area contributed by atoms with E-state index in [0.29, 0.717) is 0 Å². The van der Waals surface area contributed by atoms with Crippen LogP contribution in [0.15, 0.2) is 41.0 Å². The Morgan fingerprint density at radius 2 is 2.11 bits per heavy atom. The van der Waals surface area contributed by atoms with E-state index in [0.717, 1.165) is 38.4 Å². The van der Waals surface area contributed by atoms with Gasteiger partial charge in [-0.25, -0.2) is 0 Å². The predicted molar refractivity (Wildman–Crippen MR) is 71.1 cm³/mol. The summed E-state index contributed by atoms with van der Waals surface area (Å²) >= 11 is 0. The summed E-state index contributed by atoms with van der Waals surface area (Å²) in [6, 6.07) is 10.7. The third-order valence-electron chi connectivity index (χ3n) is 3.36. The standard InChI is InChI=1S/C15H18N2O/c1-2-15(18-7-1)5-6-16-9-12-3-4-13-10-17-11-14(13)8-12/h1-4,7-8,16-17H,5-6,9-11H2. The third kappa shape index (κ3) is 2.63. The van der Waals surface area contributed by atoms with Gasteiger partial charge in [0.25, 0.3) is 0 Å². The van der Waals surface area contributed by atoms with Crippen LogP contribution in [0.25, 0.3) is 0 Å². The van der Waals surface area contributed by atoms with Crippen LogP contribution in [0.1, 0.15) is 22.5 Å². The summed E-state index contributed by atoms with van der Waals surface area (Å²) in [5.41, 5.74) is 4.24. The maximum atomic E-state index is 5.30. The Balaban J connectivity index is 1.48. The molecule has 0 amide bonds. The highest BCUT2D eigenvalue weighted by Crippen LogP contribution is 2.16. The van der Waals surface area contributed by atoms with Crippen LogP contribution in [0, 0.1) is 0 Å². The quantitative estimate of drug-likeness (QED) is 0.789. The molecule has 2 aromatic rings. The highest BCUT2D eigenvalue weighted by molar-refractivity contribution is 5.34. The number of furan rings is 1. The predicted octanol–water partition coefficient (Wildman–Crippen LogP) is 2.22. The van der Waals surface area contributed by atoms with E-state index >= 15 is 0 Å². The van der Waals surface area contributed by atoms with Crippen molar-refractivity contribution >= 4 is 0 Å². The number of hydrogen-bond donors (Lipinski definition) is 2. The van der Waals surface area contributed by atoms with Gasteiger partial charge in [-0.2, -0.15) is 0 Å². The zero-order valence-electron chi connectivity index (χ0n) is 10.4. The largest absolute Gasteiger partial charge is 0.469 e. The molecule has 3 rings (SSSR count). The molecule has 2 N–H and O–H groups in total. The molecule has 0 saturated carbocycles. The van der Waals surface area contributed by atoms with Crippen molar-refractivity contribution in [3.05, 3.63) is 59.0 Å².